The highest BCUT2D eigenvalue weighted by Gasteiger charge is 1.94. The van der Waals surface area contributed by atoms with Gasteiger partial charge in [0.15, 0.2) is 0 Å². The fraction of sp³-hybridized carbons (Fsp3) is 0. The molecular formula is C5H5NOS. The van der Waals surface area contributed by atoms with E-state index in [0.29, 0.717) is 0 Å². The van der Waals surface area contributed by atoms with Crippen molar-refractivity contribution in [2.75, 3.05) is 0 Å². The van der Waals surface area contributed by atoms with Gasteiger partial charge < -0.3 is 4.72 Å². The topological polar surface area (TPSA) is 29.1 Å². The standard InChI is InChI=1S/C5H5NOS/c7-5-3-1-2-4-6-8-5/h1-4,6H. The lowest BCUT2D eigenvalue weighted by Crippen LogP contribution is -1.93. The van der Waals surface area contributed by atoms with E-state index in [1.54, 1.807) is 18.4 Å². The first-order valence-corrected chi connectivity index (χ1v) is 3.01. The summed E-state index contributed by atoms with van der Waals surface area (Å²) in [4.78, 5) is 10.5. The Balaban J connectivity index is 2.58. The first-order valence-electron chi connectivity index (χ1n) is 2.19. The third kappa shape index (κ3) is 1.42. The van der Waals surface area contributed by atoms with E-state index in [9.17, 15) is 4.79 Å². The second-order valence-corrected chi connectivity index (χ2v) is 2.10. The van der Waals surface area contributed by atoms with E-state index in [2.05, 4.69) is 4.72 Å². The fourth-order valence-corrected chi connectivity index (χ4v) is 0.764. The van der Waals surface area contributed by atoms with E-state index >= 15 is 0 Å². The van der Waals surface area contributed by atoms with Gasteiger partial charge in [0.1, 0.15) is 0 Å². The summed E-state index contributed by atoms with van der Waals surface area (Å²) in [5.41, 5.74) is 0. The second-order valence-electron chi connectivity index (χ2n) is 1.26. The molecule has 0 spiro atoms. The largest absolute Gasteiger partial charge is 0.330 e. The lowest BCUT2D eigenvalue weighted by molar-refractivity contribution is -0.107. The summed E-state index contributed by atoms with van der Waals surface area (Å²) in [5.74, 6) is 0. The van der Waals surface area contributed by atoms with Crippen LogP contribution in [0.25, 0.3) is 0 Å². The van der Waals surface area contributed by atoms with Crippen molar-refractivity contribution in [2.24, 2.45) is 0 Å². The van der Waals surface area contributed by atoms with E-state index in [4.69, 9.17) is 0 Å². The van der Waals surface area contributed by atoms with Crippen LogP contribution in [0, 0.1) is 0 Å². The number of carbonyl (C=O) groups excluding carboxylic acids is 1. The summed E-state index contributed by atoms with van der Waals surface area (Å²) in [6, 6.07) is 0. The monoisotopic (exact) mass is 127 g/mol. The van der Waals surface area contributed by atoms with Gasteiger partial charge in [-0.25, -0.2) is 0 Å². The maximum atomic E-state index is 10.5. The van der Waals surface area contributed by atoms with Gasteiger partial charge in [0.05, 0.1) is 0 Å². The molecule has 0 amide bonds. The van der Waals surface area contributed by atoms with Crippen LogP contribution in [0.5, 0.6) is 0 Å². The molecule has 42 valence electrons. The normalized spacial score (nSPS) is 17.8. The van der Waals surface area contributed by atoms with E-state index in [1.807, 2.05) is 0 Å². The molecule has 1 N–H and O–H groups in total. The Morgan fingerprint density at radius 2 is 2.38 bits per heavy atom. The van der Waals surface area contributed by atoms with Gasteiger partial charge in [0.2, 0.25) is 5.12 Å². The van der Waals surface area contributed by atoms with Crippen LogP contribution in [-0.4, -0.2) is 5.12 Å². The molecule has 0 atom stereocenters. The Morgan fingerprint density at radius 1 is 1.50 bits per heavy atom. The Labute approximate surface area is 51.8 Å². The molecular weight excluding hydrogens is 122 g/mol. The quantitative estimate of drug-likeness (QED) is 0.489. The Bertz CT molecular complexity index is 151. The van der Waals surface area contributed by atoms with Crippen molar-refractivity contribution in [3.8, 4) is 0 Å². The van der Waals surface area contributed by atoms with Gasteiger partial charge in [-0.1, -0.05) is 6.08 Å². The van der Waals surface area contributed by atoms with Gasteiger partial charge in [-0.2, -0.15) is 0 Å². The zero-order valence-electron chi connectivity index (χ0n) is 4.13. The van der Waals surface area contributed by atoms with E-state index in [-0.39, 0.29) is 5.12 Å². The predicted molar refractivity (Wildman–Crippen MR) is 34.0 cm³/mol. The van der Waals surface area contributed by atoms with Gasteiger partial charge >= 0.3 is 0 Å². The minimum atomic E-state index is 0.0370. The van der Waals surface area contributed by atoms with Crippen molar-refractivity contribution in [3.05, 3.63) is 24.4 Å². The van der Waals surface area contributed by atoms with Crippen LogP contribution in [0.2, 0.25) is 0 Å². The van der Waals surface area contributed by atoms with Gasteiger partial charge in [0.25, 0.3) is 0 Å². The van der Waals surface area contributed by atoms with E-state index in [0.717, 1.165) is 11.9 Å². The minimum absolute atomic E-state index is 0.0370. The van der Waals surface area contributed by atoms with Crippen LogP contribution in [0.3, 0.4) is 0 Å². The van der Waals surface area contributed by atoms with Crippen molar-refractivity contribution in [1.82, 2.24) is 4.72 Å². The lowest BCUT2D eigenvalue weighted by Gasteiger charge is -1.87. The van der Waals surface area contributed by atoms with E-state index in [1.165, 1.54) is 6.08 Å². The molecule has 0 aromatic rings. The summed E-state index contributed by atoms with van der Waals surface area (Å²) < 4.78 is 2.72. The molecule has 1 rings (SSSR count). The zero-order chi connectivity index (χ0) is 5.82. The highest BCUT2D eigenvalue weighted by molar-refractivity contribution is 8.12. The molecule has 1 aliphatic heterocycles. The van der Waals surface area contributed by atoms with Crippen LogP contribution >= 0.6 is 11.9 Å². The molecule has 3 heteroatoms. The second kappa shape index (κ2) is 2.57. The van der Waals surface area contributed by atoms with Crippen LogP contribution < -0.4 is 4.72 Å². The number of hydrogen-bond acceptors (Lipinski definition) is 3. The molecule has 0 bridgehead atoms. The van der Waals surface area contributed by atoms with Gasteiger partial charge in [-0.05, 0) is 12.2 Å². The van der Waals surface area contributed by atoms with Gasteiger partial charge in [-0.15, -0.1) is 0 Å². The van der Waals surface area contributed by atoms with Crippen molar-refractivity contribution < 1.29 is 4.79 Å². The first-order chi connectivity index (χ1) is 3.89. The third-order valence-electron chi connectivity index (χ3n) is 0.667. The van der Waals surface area contributed by atoms with Gasteiger partial charge in [0, 0.05) is 18.1 Å². The highest BCUT2D eigenvalue weighted by Crippen LogP contribution is 1.99. The van der Waals surface area contributed by atoms with Crippen LogP contribution in [0.4, 0.5) is 0 Å². The predicted octanol–water partition coefficient (Wildman–Crippen LogP) is 0.834. The number of carbonyl (C=O) groups is 1. The Morgan fingerprint density at radius 3 is 3.25 bits per heavy atom. The molecule has 0 saturated carbocycles. The van der Waals surface area contributed by atoms with Crippen LogP contribution in [0.15, 0.2) is 24.4 Å². The molecule has 8 heavy (non-hydrogen) atoms. The molecule has 0 aromatic carbocycles. The zero-order valence-corrected chi connectivity index (χ0v) is 4.94. The van der Waals surface area contributed by atoms with E-state index < -0.39 is 0 Å². The van der Waals surface area contributed by atoms with Crippen molar-refractivity contribution in [3.63, 3.8) is 0 Å². The minimum Gasteiger partial charge on any atom is -0.330 e. The maximum absolute atomic E-state index is 10.5. The van der Waals surface area contributed by atoms with Crippen molar-refractivity contribution in [2.45, 2.75) is 0 Å². The first kappa shape index (κ1) is 5.44. The number of nitrogens with one attached hydrogen (secondary N) is 1. The maximum Gasteiger partial charge on any atom is 0.232 e. The average molecular weight is 127 g/mol. The highest BCUT2D eigenvalue weighted by atomic mass is 32.2. The smallest absolute Gasteiger partial charge is 0.232 e. The summed E-state index contributed by atoms with van der Waals surface area (Å²) in [6.07, 6.45) is 6.71. The van der Waals surface area contributed by atoms with Crippen LogP contribution in [-0.2, 0) is 4.79 Å². The molecule has 2 nitrogen and oxygen atoms in total. The molecule has 1 heterocycles. The molecule has 0 radical (unpaired) electrons. The van der Waals surface area contributed by atoms with Crippen LogP contribution in [0.1, 0.15) is 0 Å². The average Bonchev–Trinajstić information content (AvgIpc) is 1.94. The van der Waals surface area contributed by atoms with Gasteiger partial charge in [-0.3, -0.25) is 4.79 Å². The Hall–Kier alpha value is -0.700. The SMILES string of the molecule is O=C1C=CC=CNS1. The summed E-state index contributed by atoms with van der Waals surface area (Å²) in [7, 11) is 0. The fourth-order valence-electron chi connectivity index (χ4n) is 0.355. The number of rotatable bonds is 0. The Kier molecular flexibility index (Phi) is 1.75. The van der Waals surface area contributed by atoms with Crippen molar-refractivity contribution in [1.29, 1.82) is 0 Å². The summed E-state index contributed by atoms with van der Waals surface area (Å²) >= 11 is 1.08. The molecule has 0 aromatic heterocycles. The molecule has 1 aliphatic rings. The number of hydrogen-bond donors (Lipinski definition) is 1. The van der Waals surface area contributed by atoms with Crippen molar-refractivity contribution >= 4 is 17.1 Å². The molecule has 0 saturated heterocycles. The lowest BCUT2D eigenvalue weighted by atomic mass is 10.5. The molecule has 0 aliphatic carbocycles. The summed E-state index contributed by atoms with van der Waals surface area (Å²) in [5, 5.41) is 0.0370. The summed E-state index contributed by atoms with van der Waals surface area (Å²) in [6.45, 7) is 0. The molecule has 0 unspecified atom stereocenters. The molecule has 0 fully saturated rings. The number of allylic oxidation sites excluding steroid dienone is 2. The third-order valence-corrected chi connectivity index (χ3v) is 1.26.